The SMILES string of the molecule is Cc1ccc(F)c([C@@H](C)[C@@H](c2nn[nH]n2)N2CCc3cc(Cl)ccc3S2)c1C. The van der Waals surface area contributed by atoms with Crippen molar-refractivity contribution in [2.24, 2.45) is 0 Å². The van der Waals surface area contributed by atoms with Crippen LogP contribution >= 0.6 is 23.5 Å². The minimum absolute atomic E-state index is 0.154. The fourth-order valence-electron chi connectivity index (χ4n) is 3.85. The molecule has 1 aliphatic heterocycles. The van der Waals surface area contributed by atoms with Crippen LogP contribution in [0.5, 0.6) is 0 Å². The quantitative estimate of drug-likeness (QED) is 0.604. The maximum Gasteiger partial charge on any atom is 0.193 e. The van der Waals surface area contributed by atoms with Crippen molar-refractivity contribution >= 4 is 23.5 Å². The molecule has 0 radical (unpaired) electrons. The van der Waals surface area contributed by atoms with Gasteiger partial charge in [-0.1, -0.05) is 29.8 Å². The number of aromatic amines is 1. The number of aryl methyl sites for hydroxylation is 1. The zero-order valence-electron chi connectivity index (χ0n) is 15.9. The number of benzene rings is 2. The average Bonchev–Trinajstić information content (AvgIpc) is 3.19. The topological polar surface area (TPSA) is 57.7 Å². The van der Waals surface area contributed by atoms with Gasteiger partial charge in [0.25, 0.3) is 0 Å². The fourth-order valence-corrected chi connectivity index (χ4v) is 5.28. The van der Waals surface area contributed by atoms with Crippen LogP contribution in [0.3, 0.4) is 0 Å². The van der Waals surface area contributed by atoms with Gasteiger partial charge in [-0.15, -0.1) is 10.2 Å². The van der Waals surface area contributed by atoms with Gasteiger partial charge in [-0.05, 0) is 78.7 Å². The van der Waals surface area contributed by atoms with E-state index in [1.165, 1.54) is 5.56 Å². The van der Waals surface area contributed by atoms with E-state index in [9.17, 15) is 4.39 Å². The maximum atomic E-state index is 14.8. The van der Waals surface area contributed by atoms with Gasteiger partial charge in [0.1, 0.15) is 5.82 Å². The molecule has 0 saturated heterocycles. The number of hydrogen-bond donors (Lipinski definition) is 1. The molecule has 0 aliphatic carbocycles. The monoisotopic (exact) mass is 417 g/mol. The highest BCUT2D eigenvalue weighted by molar-refractivity contribution is 7.97. The van der Waals surface area contributed by atoms with Crippen molar-refractivity contribution in [3.63, 3.8) is 0 Å². The fraction of sp³-hybridized carbons (Fsp3) is 0.350. The summed E-state index contributed by atoms with van der Waals surface area (Å²) in [6, 6.07) is 9.09. The van der Waals surface area contributed by atoms with E-state index in [0.717, 1.165) is 34.0 Å². The van der Waals surface area contributed by atoms with Crippen molar-refractivity contribution < 1.29 is 4.39 Å². The van der Waals surface area contributed by atoms with Gasteiger partial charge in [0.05, 0.1) is 6.04 Å². The molecular weight excluding hydrogens is 397 g/mol. The summed E-state index contributed by atoms with van der Waals surface area (Å²) >= 11 is 7.78. The van der Waals surface area contributed by atoms with E-state index < -0.39 is 0 Å². The first kappa shape index (κ1) is 19.4. The molecule has 8 heteroatoms. The minimum atomic E-state index is -0.220. The lowest BCUT2D eigenvalue weighted by molar-refractivity contribution is 0.299. The van der Waals surface area contributed by atoms with Crippen LogP contribution in [0.1, 0.15) is 47.0 Å². The van der Waals surface area contributed by atoms with Crippen molar-refractivity contribution in [3.05, 3.63) is 69.2 Å². The van der Waals surface area contributed by atoms with Crippen molar-refractivity contribution in [1.82, 2.24) is 24.9 Å². The van der Waals surface area contributed by atoms with E-state index in [4.69, 9.17) is 11.6 Å². The Morgan fingerprint density at radius 1 is 1.25 bits per heavy atom. The van der Waals surface area contributed by atoms with E-state index >= 15 is 0 Å². The van der Waals surface area contributed by atoms with Crippen LogP contribution in [-0.2, 0) is 6.42 Å². The summed E-state index contributed by atoms with van der Waals surface area (Å²) in [5.74, 6) is 0.217. The predicted octanol–water partition coefficient (Wildman–Crippen LogP) is 5.02. The molecule has 28 heavy (non-hydrogen) atoms. The van der Waals surface area contributed by atoms with Crippen molar-refractivity contribution in [3.8, 4) is 0 Å². The highest BCUT2D eigenvalue weighted by Gasteiger charge is 2.35. The highest BCUT2D eigenvalue weighted by atomic mass is 35.5. The highest BCUT2D eigenvalue weighted by Crippen LogP contribution is 2.44. The molecule has 5 nitrogen and oxygen atoms in total. The maximum absolute atomic E-state index is 14.8. The first-order valence-corrected chi connectivity index (χ1v) is 10.3. The Balaban J connectivity index is 1.74. The van der Waals surface area contributed by atoms with Crippen LogP contribution in [0.4, 0.5) is 4.39 Å². The largest absolute Gasteiger partial charge is 0.235 e. The summed E-state index contributed by atoms with van der Waals surface area (Å²) in [6.45, 7) is 6.79. The van der Waals surface area contributed by atoms with Crippen molar-refractivity contribution in [1.29, 1.82) is 0 Å². The molecule has 4 rings (SSSR count). The van der Waals surface area contributed by atoms with Crippen LogP contribution in [0.25, 0.3) is 0 Å². The molecular formula is C20H21ClFN5S. The van der Waals surface area contributed by atoms with Gasteiger partial charge in [-0.25, -0.2) is 8.70 Å². The summed E-state index contributed by atoms with van der Waals surface area (Å²) in [7, 11) is 0. The number of hydrogen-bond acceptors (Lipinski definition) is 5. The molecule has 1 aromatic heterocycles. The molecule has 0 amide bonds. The molecule has 0 saturated carbocycles. The third-order valence-corrected chi connectivity index (χ3v) is 6.91. The van der Waals surface area contributed by atoms with E-state index in [1.807, 2.05) is 45.0 Å². The second kappa shape index (κ2) is 7.81. The number of nitrogens with zero attached hydrogens (tertiary/aromatic N) is 4. The van der Waals surface area contributed by atoms with Crippen molar-refractivity contribution in [2.75, 3.05) is 6.54 Å². The Morgan fingerprint density at radius 3 is 2.82 bits per heavy atom. The van der Waals surface area contributed by atoms with Gasteiger partial charge in [-0.3, -0.25) is 0 Å². The Hall–Kier alpha value is -1.96. The zero-order chi connectivity index (χ0) is 19.8. The predicted molar refractivity (Wildman–Crippen MR) is 109 cm³/mol. The van der Waals surface area contributed by atoms with E-state index in [0.29, 0.717) is 11.4 Å². The normalized spacial score (nSPS) is 16.6. The molecule has 1 aliphatic rings. The molecule has 146 valence electrons. The third kappa shape index (κ3) is 3.54. The molecule has 0 unspecified atom stereocenters. The third-order valence-electron chi connectivity index (χ3n) is 5.44. The smallest absolute Gasteiger partial charge is 0.193 e. The van der Waals surface area contributed by atoms with Crippen LogP contribution in [-0.4, -0.2) is 31.5 Å². The Morgan fingerprint density at radius 2 is 2.07 bits per heavy atom. The molecule has 1 N–H and O–H groups in total. The zero-order valence-corrected chi connectivity index (χ0v) is 17.5. The van der Waals surface area contributed by atoms with Crippen LogP contribution in [0.15, 0.2) is 35.2 Å². The van der Waals surface area contributed by atoms with E-state index in [1.54, 1.807) is 18.0 Å². The lowest BCUT2D eigenvalue weighted by atomic mass is 9.87. The number of H-pyrrole nitrogens is 1. The second-order valence-corrected chi connectivity index (χ2v) is 8.67. The summed E-state index contributed by atoms with van der Waals surface area (Å²) in [4.78, 5) is 1.15. The van der Waals surface area contributed by atoms with E-state index in [-0.39, 0.29) is 17.8 Å². The Bertz CT molecular complexity index is 995. The van der Waals surface area contributed by atoms with E-state index in [2.05, 4.69) is 24.9 Å². The van der Waals surface area contributed by atoms with Crippen LogP contribution in [0, 0.1) is 19.7 Å². The van der Waals surface area contributed by atoms with Crippen LogP contribution < -0.4 is 0 Å². The van der Waals surface area contributed by atoms with Crippen LogP contribution in [0.2, 0.25) is 5.02 Å². The molecule has 0 bridgehead atoms. The van der Waals surface area contributed by atoms with Gasteiger partial charge in [0, 0.05) is 22.4 Å². The van der Waals surface area contributed by atoms with Gasteiger partial charge in [0.15, 0.2) is 5.82 Å². The molecule has 3 aromatic rings. The summed E-state index contributed by atoms with van der Waals surface area (Å²) in [6.07, 6.45) is 0.860. The molecule has 2 aromatic carbocycles. The number of rotatable bonds is 4. The lowest BCUT2D eigenvalue weighted by Gasteiger charge is -2.36. The first-order chi connectivity index (χ1) is 13.5. The van der Waals surface area contributed by atoms with Gasteiger partial charge in [0.2, 0.25) is 0 Å². The first-order valence-electron chi connectivity index (χ1n) is 9.17. The average molecular weight is 418 g/mol. The van der Waals surface area contributed by atoms with Gasteiger partial charge in [-0.2, -0.15) is 5.21 Å². The standard InChI is InChI=1S/C20H21ClFN5S/c1-11-4-6-16(22)18(12(11)2)13(3)19(20-23-25-26-24-20)27-9-8-14-10-15(21)5-7-17(14)28-27/h4-7,10,13,19H,8-9H2,1-3H3,(H,23,24,25,26)/t13-,19+/m1/s1. The molecule has 0 fully saturated rings. The number of tetrazole rings is 1. The van der Waals surface area contributed by atoms with Gasteiger partial charge < -0.3 is 0 Å². The molecule has 0 spiro atoms. The Kier molecular flexibility index (Phi) is 5.40. The number of fused-ring (bicyclic) bond motifs is 1. The molecule has 2 atom stereocenters. The number of nitrogens with one attached hydrogen (secondary N) is 1. The second-order valence-electron chi connectivity index (χ2n) is 7.14. The van der Waals surface area contributed by atoms with Crippen molar-refractivity contribution in [2.45, 2.75) is 44.0 Å². The molecule has 2 heterocycles. The number of halogens is 2. The summed E-state index contributed by atoms with van der Waals surface area (Å²) in [5.41, 5.74) is 3.97. The minimum Gasteiger partial charge on any atom is -0.235 e. The Labute approximate surface area is 172 Å². The van der Waals surface area contributed by atoms with Gasteiger partial charge >= 0.3 is 0 Å². The summed E-state index contributed by atoms with van der Waals surface area (Å²) in [5, 5.41) is 15.5. The number of aromatic nitrogens is 4. The summed E-state index contributed by atoms with van der Waals surface area (Å²) < 4.78 is 17.1. The lowest BCUT2D eigenvalue weighted by Crippen LogP contribution is -2.32.